The summed E-state index contributed by atoms with van der Waals surface area (Å²) in [6.07, 6.45) is 7.92. The van der Waals surface area contributed by atoms with E-state index in [2.05, 4.69) is 23.5 Å². The Bertz CT molecular complexity index is 440. The van der Waals surface area contributed by atoms with Gasteiger partial charge in [0.2, 0.25) is 5.91 Å². The van der Waals surface area contributed by atoms with Crippen LogP contribution in [0.4, 0.5) is 0 Å². The molecule has 0 bridgehead atoms. The molecule has 0 unspecified atom stereocenters. The van der Waals surface area contributed by atoms with Gasteiger partial charge < -0.3 is 10.1 Å². The van der Waals surface area contributed by atoms with Crippen molar-refractivity contribution in [2.24, 2.45) is 0 Å². The maximum atomic E-state index is 11.0. The third-order valence-corrected chi connectivity index (χ3v) is 3.17. The number of benzene rings is 1. The van der Waals surface area contributed by atoms with Crippen LogP contribution in [0.15, 0.2) is 30.3 Å². The van der Waals surface area contributed by atoms with E-state index in [1.807, 2.05) is 18.2 Å². The van der Waals surface area contributed by atoms with Crippen LogP contribution in [0.2, 0.25) is 0 Å². The van der Waals surface area contributed by atoms with Gasteiger partial charge in [0.1, 0.15) is 5.75 Å². The maximum absolute atomic E-state index is 11.0. The molecular formula is C15H19NO2. The second-order valence-corrected chi connectivity index (χ2v) is 4.56. The quantitative estimate of drug-likeness (QED) is 0.866. The summed E-state index contributed by atoms with van der Waals surface area (Å²) in [5, 5.41) is 2.98. The molecule has 1 heterocycles. The van der Waals surface area contributed by atoms with Crippen LogP contribution < -0.4 is 10.1 Å². The third kappa shape index (κ3) is 3.62. The van der Waals surface area contributed by atoms with E-state index in [9.17, 15) is 4.79 Å². The highest BCUT2D eigenvalue weighted by Gasteiger charge is 2.19. The number of amides is 1. The van der Waals surface area contributed by atoms with Crippen LogP contribution in [0.1, 0.15) is 31.2 Å². The molecule has 0 aromatic heterocycles. The fourth-order valence-electron chi connectivity index (χ4n) is 2.16. The van der Waals surface area contributed by atoms with Crippen molar-refractivity contribution in [1.82, 2.24) is 5.32 Å². The van der Waals surface area contributed by atoms with E-state index in [0.717, 1.165) is 30.6 Å². The van der Waals surface area contributed by atoms with Gasteiger partial charge >= 0.3 is 0 Å². The summed E-state index contributed by atoms with van der Waals surface area (Å²) >= 11 is 0. The largest absolute Gasteiger partial charge is 0.497 e. The Balaban J connectivity index is 1.78. The Morgan fingerprint density at radius 3 is 3.11 bits per heavy atom. The molecule has 0 aliphatic carbocycles. The lowest BCUT2D eigenvalue weighted by Crippen LogP contribution is -2.24. The predicted octanol–water partition coefficient (Wildman–Crippen LogP) is 2.77. The molecule has 3 nitrogen and oxygen atoms in total. The van der Waals surface area contributed by atoms with E-state index in [4.69, 9.17) is 4.74 Å². The van der Waals surface area contributed by atoms with Crippen molar-refractivity contribution in [2.45, 2.75) is 31.7 Å². The maximum Gasteiger partial charge on any atom is 0.220 e. The van der Waals surface area contributed by atoms with Gasteiger partial charge in [0.25, 0.3) is 0 Å². The minimum absolute atomic E-state index is 0.191. The molecule has 1 aliphatic heterocycles. The van der Waals surface area contributed by atoms with E-state index in [0.29, 0.717) is 12.5 Å². The molecule has 18 heavy (non-hydrogen) atoms. The number of nitrogens with one attached hydrogen (secondary N) is 1. The first-order chi connectivity index (χ1) is 8.78. The van der Waals surface area contributed by atoms with Gasteiger partial charge in [-0.05, 0) is 37.0 Å². The van der Waals surface area contributed by atoms with Gasteiger partial charge in [-0.2, -0.15) is 0 Å². The first-order valence-corrected chi connectivity index (χ1v) is 6.38. The molecule has 1 fully saturated rings. The van der Waals surface area contributed by atoms with Crippen LogP contribution >= 0.6 is 0 Å². The number of hydrogen-bond acceptors (Lipinski definition) is 2. The molecule has 96 valence electrons. The fraction of sp³-hybridized carbons (Fsp3) is 0.400. The topological polar surface area (TPSA) is 38.3 Å². The van der Waals surface area contributed by atoms with Crippen LogP contribution in [0.3, 0.4) is 0 Å². The van der Waals surface area contributed by atoms with Crippen LogP contribution in [-0.2, 0) is 4.79 Å². The van der Waals surface area contributed by atoms with E-state index in [1.54, 1.807) is 7.11 Å². The number of methoxy groups -OCH3 is 1. The summed E-state index contributed by atoms with van der Waals surface area (Å²) < 4.78 is 5.17. The van der Waals surface area contributed by atoms with Gasteiger partial charge in [0.15, 0.2) is 0 Å². The van der Waals surface area contributed by atoms with Crippen LogP contribution in [0.25, 0.3) is 6.08 Å². The van der Waals surface area contributed by atoms with Crippen LogP contribution in [-0.4, -0.2) is 19.1 Å². The molecule has 0 saturated carbocycles. The first-order valence-electron chi connectivity index (χ1n) is 6.38. The number of hydrogen-bond donors (Lipinski definition) is 1. The molecule has 1 saturated heterocycles. The number of allylic oxidation sites excluding steroid dienone is 1. The average molecular weight is 245 g/mol. The molecule has 3 heteroatoms. The van der Waals surface area contributed by atoms with E-state index < -0.39 is 0 Å². The summed E-state index contributed by atoms with van der Waals surface area (Å²) in [5.74, 6) is 1.07. The van der Waals surface area contributed by atoms with Crippen molar-refractivity contribution < 1.29 is 9.53 Å². The lowest BCUT2D eigenvalue weighted by Gasteiger charge is -2.06. The Hall–Kier alpha value is -1.77. The number of carbonyl (C=O) groups is 1. The average Bonchev–Trinajstić information content (AvgIpc) is 2.81. The van der Waals surface area contributed by atoms with Crippen molar-refractivity contribution >= 4 is 12.0 Å². The van der Waals surface area contributed by atoms with Gasteiger partial charge in [-0.1, -0.05) is 24.3 Å². The van der Waals surface area contributed by atoms with Crippen LogP contribution in [0.5, 0.6) is 5.75 Å². The first kappa shape index (κ1) is 12.7. The minimum atomic E-state index is 0.191. The third-order valence-electron chi connectivity index (χ3n) is 3.17. The molecule has 1 atom stereocenters. The lowest BCUT2D eigenvalue weighted by molar-refractivity contribution is -0.119. The second kappa shape index (κ2) is 6.24. The molecule has 1 aliphatic rings. The molecule has 1 aromatic carbocycles. The standard InChI is InChI=1S/C15H19NO2/c1-18-14-8-4-6-12(11-14)5-2-3-7-13-9-10-15(17)16-13/h2,4-6,8,11,13H,3,7,9-10H2,1H3,(H,16,17)/b5-2+/t13-/m1/s1. The lowest BCUT2D eigenvalue weighted by atomic mass is 10.1. The second-order valence-electron chi connectivity index (χ2n) is 4.56. The van der Waals surface area contributed by atoms with E-state index in [1.165, 1.54) is 0 Å². The molecule has 1 amide bonds. The number of carbonyl (C=O) groups excluding carboxylic acids is 1. The summed E-state index contributed by atoms with van der Waals surface area (Å²) in [6, 6.07) is 8.35. The van der Waals surface area contributed by atoms with E-state index in [-0.39, 0.29) is 5.91 Å². The minimum Gasteiger partial charge on any atom is -0.497 e. The van der Waals surface area contributed by atoms with E-state index >= 15 is 0 Å². The highest BCUT2D eigenvalue weighted by Crippen LogP contribution is 2.15. The van der Waals surface area contributed by atoms with Crippen molar-refractivity contribution in [3.63, 3.8) is 0 Å². The summed E-state index contributed by atoms with van der Waals surface area (Å²) in [6.45, 7) is 0. The van der Waals surface area contributed by atoms with Gasteiger partial charge in [0, 0.05) is 12.5 Å². The smallest absolute Gasteiger partial charge is 0.220 e. The summed E-state index contributed by atoms with van der Waals surface area (Å²) in [5.41, 5.74) is 1.14. The Kier molecular flexibility index (Phi) is 4.40. The normalized spacial score (nSPS) is 19.2. The Labute approximate surface area is 108 Å². The molecule has 1 N–H and O–H groups in total. The highest BCUT2D eigenvalue weighted by molar-refractivity contribution is 5.78. The van der Waals surface area contributed by atoms with Crippen molar-refractivity contribution in [1.29, 1.82) is 0 Å². The molecular weight excluding hydrogens is 226 g/mol. The SMILES string of the molecule is COc1cccc(/C=C/CC[C@@H]2CCC(=O)N2)c1. The van der Waals surface area contributed by atoms with Gasteiger partial charge in [-0.25, -0.2) is 0 Å². The summed E-state index contributed by atoms with van der Waals surface area (Å²) in [4.78, 5) is 11.0. The van der Waals surface area contributed by atoms with Gasteiger partial charge in [-0.3, -0.25) is 4.79 Å². The molecule has 0 radical (unpaired) electrons. The van der Waals surface area contributed by atoms with Crippen molar-refractivity contribution in [3.8, 4) is 5.75 Å². The molecule has 2 rings (SSSR count). The Morgan fingerprint density at radius 1 is 1.50 bits per heavy atom. The monoisotopic (exact) mass is 245 g/mol. The van der Waals surface area contributed by atoms with Gasteiger partial charge in [-0.15, -0.1) is 0 Å². The zero-order valence-corrected chi connectivity index (χ0v) is 10.7. The zero-order valence-electron chi connectivity index (χ0n) is 10.7. The van der Waals surface area contributed by atoms with Gasteiger partial charge in [0.05, 0.1) is 7.11 Å². The number of ether oxygens (including phenoxy) is 1. The fourth-order valence-corrected chi connectivity index (χ4v) is 2.16. The number of rotatable bonds is 5. The Morgan fingerprint density at radius 2 is 2.39 bits per heavy atom. The molecule has 0 spiro atoms. The highest BCUT2D eigenvalue weighted by atomic mass is 16.5. The van der Waals surface area contributed by atoms with Crippen molar-refractivity contribution in [3.05, 3.63) is 35.9 Å². The predicted molar refractivity (Wildman–Crippen MR) is 72.4 cm³/mol. The zero-order chi connectivity index (χ0) is 12.8. The summed E-state index contributed by atoms with van der Waals surface area (Å²) in [7, 11) is 1.67. The van der Waals surface area contributed by atoms with Crippen LogP contribution in [0, 0.1) is 0 Å². The van der Waals surface area contributed by atoms with Crippen molar-refractivity contribution in [2.75, 3.05) is 7.11 Å². The molecule has 1 aromatic rings.